The van der Waals surface area contributed by atoms with Crippen LogP contribution in [0.1, 0.15) is 35.6 Å². The zero-order chi connectivity index (χ0) is 25.1. The van der Waals surface area contributed by atoms with Gasteiger partial charge in [0.2, 0.25) is 0 Å². The van der Waals surface area contributed by atoms with Crippen LogP contribution < -0.4 is 10.5 Å². The summed E-state index contributed by atoms with van der Waals surface area (Å²) in [6, 6.07) is 10.4. The minimum absolute atomic E-state index is 0.208. The topological polar surface area (TPSA) is 128 Å². The molecule has 35 heavy (non-hydrogen) atoms. The quantitative estimate of drug-likeness (QED) is 0.379. The third-order valence-corrected chi connectivity index (χ3v) is 7.32. The predicted molar refractivity (Wildman–Crippen MR) is 131 cm³/mol. The smallest absolute Gasteiger partial charge is 0.417 e. The van der Waals surface area contributed by atoms with E-state index in [1.807, 2.05) is 32.9 Å². The Balaban J connectivity index is 1.80. The third kappa shape index (κ3) is 3.79. The number of rotatable bonds is 5. The highest BCUT2D eigenvalue weighted by atomic mass is 32.2. The van der Waals surface area contributed by atoms with Gasteiger partial charge in [-0.15, -0.1) is 0 Å². The van der Waals surface area contributed by atoms with Crippen LogP contribution in [0, 0.1) is 13.8 Å². The molecule has 0 radical (unpaired) electrons. The fourth-order valence-corrected chi connectivity index (χ4v) is 5.11. The molecule has 10 heteroatoms. The van der Waals surface area contributed by atoms with Gasteiger partial charge in [0.25, 0.3) is 0 Å². The second-order valence-electron chi connectivity index (χ2n) is 8.55. The second-order valence-corrected chi connectivity index (χ2v) is 10.6. The summed E-state index contributed by atoms with van der Waals surface area (Å²) in [4.78, 5) is 20.1. The predicted octanol–water partition coefficient (Wildman–Crippen LogP) is 4.51. The van der Waals surface area contributed by atoms with Crippen LogP contribution in [0.25, 0.3) is 33.1 Å². The Hall–Kier alpha value is -3.92. The fraction of sp³-hybridized carbons (Fsp3) is 0.240. The molecule has 0 aliphatic heterocycles. The Bertz CT molecular complexity index is 1760. The molecule has 1 atom stereocenters. The summed E-state index contributed by atoms with van der Waals surface area (Å²) in [5, 5.41) is 4.70. The van der Waals surface area contributed by atoms with Gasteiger partial charge in [-0.3, -0.25) is 4.98 Å². The highest BCUT2D eigenvalue weighted by Gasteiger charge is 2.24. The zero-order valence-corrected chi connectivity index (χ0v) is 20.6. The van der Waals surface area contributed by atoms with Gasteiger partial charge in [-0.2, -0.15) is 0 Å². The lowest BCUT2D eigenvalue weighted by Crippen LogP contribution is -2.04. The molecule has 0 fully saturated rings. The first-order valence-electron chi connectivity index (χ1n) is 10.9. The number of H-pyrrole nitrogens is 1. The minimum atomic E-state index is -3.39. The number of nitrogens with one attached hydrogen (secondary N) is 1. The summed E-state index contributed by atoms with van der Waals surface area (Å²) in [6.45, 7) is 5.56. The van der Waals surface area contributed by atoms with Crippen LogP contribution in [0.4, 0.5) is 0 Å². The van der Waals surface area contributed by atoms with Crippen LogP contribution in [0.15, 0.2) is 55.0 Å². The molecule has 180 valence electrons. The third-order valence-electron chi connectivity index (χ3n) is 6.21. The van der Waals surface area contributed by atoms with Crippen molar-refractivity contribution in [3.63, 3.8) is 0 Å². The number of sulfone groups is 1. The van der Waals surface area contributed by atoms with Crippen LogP contribution in [0.5, 0.6) is 5.75 Å². The SMILES string of the molecule is COc1cc2c(cc1-c1c(C)noc1C)nc([C@H](C)c1cccc(S(C)(=O)=O)c1)c1oc(=O)[nH]c12. The van der Waals surface area contributed by atoms with E-state index >= 15 is 0 Å². The van der Waals surface area contributed by atoms with Crippen molar-refractivity contribution >= 4 is 31.8 Å². The van der Waals surface area contributed by atoms with Crippen molar-refractivity contribution in [3.05, 3.63) is 69.7 Å². The van der Waals surface area contributed by atoms with Gasteiger partial charge in [0.1, 0.15) is 11.5 Å². The molecule has 0 bridgehead atoms. The molecule has 5 aromatic rings. The summed E-state index contributed by atoms with van der Waals surface area (Å²) < 4.78 is 40.7. The van der Waals surface area contributed by atoms with E-state index in [1.54, 1.807) is 31.4 Å². The van der Waals surface area contributed by atoms with Crippen molar-refractivity contribution in [2.24, 2.45) is 0 Å². The molecule has 2 aromatic carbocycles. The molecule has 0 spiro atoms. The highest BCUT2D eigenvalue weighted by molar-refractivity contribution is 7.90. The number of nitrogens with zero attached hydrogens (tertiary/aromatic N) is 2. The molecule has 3 heterocycles. The molecule has 1 N–H and O–H groups in total. The van der Waals surface area contributed by atoms with E-state index in [0.717, 1.165) is 22.9 Å². The molecule has 3 aromatic heterocycles. The number of benzene rings is 2. The van der Waals surface area contributed by atoms with E-state index in [2.05, 4.69) is 10.1 Å². The lowest BCUT2D eigenvalue weighted by Gasteiger charge is -2.15. The summed E-state index contributed by atoms with van der Waals surface area (Å²) in [5.74, 6) is 0.233. The molecule has 0 unspecified atom stereocenters. The van der Waals surface area contributed by atoms with Crippen molar-refractivity contribution < 1.29 is 22.1 Å². The lowest BCUT2D eigenvalue weighted by molar-refractivity contribution is 0.393. The standard InChI is InChI=1S/C25H23N3O6S/c1-12(15-7-6-8-16(9-15)35(5,30)31)22-24-23(27-25(29)33-24)17-11-20(32-4)18(10-19(17)26-22)21-13(2)28-34-14(21)3/h6-12H,1-5H3,(H,27,29)/t12-/m1/s1. The Kier molecular flexibility index (Phi) is 5.28. The second kappa shape index (κ2) is 8.09. The van der Waals surface area contributed by atoms with Gasteiger partial charge in [-0.25, -0.2) is 18.2 Å². The van der Waals surface area contributed by atoms with Crippen LogP contribution in [-0.2, 0) is 9.84 Å². The van der Waals surface area contributed by atoms with Crippen LogP contribution in [0.3, 0.4) is 0 Å². The molecule has 0 saturated carbocycles. The number of hydrogen-bond donors (Lipinski definition) is 1. The summed E-state index contributed by atoms with van der Waals surface area (Å²) in [6.07, 6.45) is 1.16. The Morgan fingerprint density at radius 3 is 2.57 bits per heavy atom. The van der Waals surface area contributed by atoms with E-state index in [1.165, 1.54) is 0 Å². The van der Waals surface area contributed by atoms with Crippen LogP contribution >= 0.6 is 0 Å². The maximum absolute atomic E-state index is 12.2. The average molecular weight is 494 g/mol. The Morgan fingerprint density at radius 2 is 1.91 bits per heavy atom. The molecule has 0 aliphatic carbocycles. The van der Waals surface area contributed by atoms with E-state index in [4.69, 9.17) is 18.7 Å². The van der Waals surface area contributed by atoms with Gasteiger partial charge in [0, 0.05) is 23.1 Å². The first-order chi connectivity index (χ1) is 16.6. The summed E-state index contributed by atoms with van der Waals surface area (Å²) in [5.41, 5.74) is 4.91. The number of fused-ring (bicyclic) bond motifs is 3. The first kappa shape index (κ1) is 22.9. The van der Waals surface area contributed by atoms with Crippen molar-refractivity contribution in [2.75, 3.05) is 13.4 Å². The van der Waals surface area contributed by atoms with Gasteiger partial charge >= 0.3 is 5.76 Å². The highest BCUT2D eigenvalue weighted by Crippen LogP contribution is 2.40. The van der Waals surface area contributed by atoms with Gasteiger partial charge in [0.05, 0.1) is 40.0 Å². The van der Waals surface area contributed by atoms with E-state index in [9.17, 15) is 13.2 Å². The largest absolute Gasteiger partial charge is 0.496 e. The van der Waals surface area contributed by atoms with Crippen molar-refractivity contribution in [1.82, 2.24) is 15.1 Å². The molecule has 0 amide bonds. The van der Waals surface area contributed by atoms with E-state index < -0.39 is 15.6 Å². The van der Waals surface area contributed by atoms with Crippen molar-refractivity contribution in [3.8, 4) is 16.9 Å². The number of oxazole rings is 1. The number of methoxy groups -OCH3 is 1. The number of ether oxygens (including phenoxy) is 1. The lowest BCUT2D eigenvalue weighted by atomic mass is 9.95. The fourth-order valence-electron chi connectivity index (χ4n) is 4.44. The molecule has 5 rings (SSSR count). The van der Waals surface area contributed by atoms with E-state index in [-0.39, 0.29) is 10.8 Å². The zero-order valence-electron chi connectivity index (χ0n) is 19.8. The molecule has 9 nitrogen and oxygen atoms in total. The number of aromatic nitrogens is 3. The number of aromatic amines is 1. The Morgan fingerprint density at radius 1 is 1.14 bits per heavy atom. The maximum atomic E-state index is 12.2. The normalized spacial score (nSPS) is 12.9. The minimum Gasteiger partial charge on any atom is -0.496 e. The van der Waals surface area contributed by atoms with Crippen LogP contribution in [0.2, 0.25) is 0 Å². The van der Waals surface area contributed by atoms with Gasteiger partial charge < -0.3 is 13.7 Å². The summed E-state index contributed by atoms with van der Waals surface area (Å²) in [7, 11) is -1.82. The van der Waals surface area contributed by atoms with Gasteiger partial charge in [-0.05, 0) is 43.7 Å². The molecule has 0 saturated heterocycles. The average Bonchev–Trinajstić information content (AvgIpc) is 3.37. The van der Waals surface area contributed by atoms with Gasteiger partial charge in [-0.1, -0.05) is 24.2 Å². The maximum Gasteiger partial charge on any atom is 0.417 e. The molecule has 0 aliphatic rings. The Labute approximate surface area is 200 Å². The van der Waals surface area contributed by atoms with E-state index in [0.29, 0.717) is 44.9 Å². The molecular formula is C25H23N3O6S. The molecular weight excluding hydrogens is 470 g/mol. The monoisotopic (exact) mass is 493 g/mol. The van der Waals surface area contributed by atoms with Gasteiger partial charge in [0.15, 0.2) is 15.4 Å². The van der Waals surface area contributed by atoms with Crippen molar-refractivity contribution in [2.45, 2.75) is 31.6 Å². The number of aryl methyl sites for hydroxylation is 2. The number of pyridine rings is 1. The van der Waals surface area contributed by atoms with Crippen LogP contribution in [-0.4, -0.2) is 36.9 Å². The number of hydrogen-bond acceptors (Lipinski definition) is 8. The first-order valence-corrected chi connectivity index (χ1v) is 12.8. The summed E-state index contributed by atoms with van der Waals surface area (Å²) >= 11 is 0. The van der Waals surface area contributed by atoms with Crippen molar-refractivity contribution in [1.29, 1.82) is 0 Å².